The van der Waals surface area contributed by atoms with Crippen LogP contribution in [0.2, 0.25) is 0 Å². The number of para-hydroxylation sites is 1. The number of alkyl halides is 1. The first kappa shape index (κ1) is 9.07. The first-order valence-corrected chi connectivity index (χ1v) is 5.92. The third-order valence-electron chi connectivity index (χ3n) is 2.63. The van der Waals surface area contributed by atoms with Gasteiger partial charge in [-0.3, -0.25) is 0 Å². The molecule has 1 aromatic carbocycles. The van der Waals surface area contributed by atoms with Crippen LogP contribution in [0.15, 0.2) is 24.3 Å². The molecule has 0 aromatic heterocycles. The van der Waals surface area contributed by atoms with Crippen LogP contribution >= 0.6 is 15.9 Å². The zero-order valence-electron chi connectivity index (χ0n) is 7.59. The molecular formula is C11H14BrN. The molecule has 0 fully saturated rings. The molecule has 2 heteroatoms. The Hall–Kier alpha value is -0.500. The number of hydrogen-bond acceptors (Lipinski definition) is 1. The van der Waals surface area contributed by atoms with Crippen molar-refractivity contribution in [2.75, 3.05) is 17.2 Å². The summed E-state index contributed by atoms with van der Waals surface area (Å²) in [5.41, 5.74) is 2.84. The number of nitrogens with one attached hydrogen (secondary N) is 1. The monoisotopic (exact) mass is 239 g/mol. The molecule has 13 heavy (non-hydrogen) atoms. The zero-order valence-corrected chi connectivity index (χ0v) is 9.18. The lowest BCUT2D eigenvalue weighted by atomic mass is 9.97. The predicted molar refractivity (Wildman–Crippen MR) is 60.7 cm³/mol. The summed E-state index contributed by atoms with van der Waals surface area (Å²) in [5, 5.41) is 4.56. The van der Waals surface area contributed by atoms with Crippen molar-refractivity contribution in [3.05, 3.63) is 29.8 Å². The molecule has 1 aliphatic rings. The highest BCUT2D eigenvalue weighted by atomic mass is 79.9. The summed E-state index contributed by atoms with van der Waals surface area (Å²) in [6.45, 7) is 1.12. The number of hydrogen-bond donors (Lipinski definition) is 1. The van der Waals surface area contributed by atoms with Gasteiger partial charge >= 0.3 is 0 Å². The molecule has 2 rings (SSSR count). The molecule has 0 amide bonds. The second kappa shape index (κ2) is 4.14. The number of anilines is 1. The smallest absolute Gasteiger partial charge is 0.0376 e. The highest BCUT2D eigenvalue weighted by Crippen LogP contribution is 2.33. The van der Waals surface area contributed by atoms with Crippen molar-refractivity contribution in [1.29, 1.82) is 0 Å². The summed E-state index contributed by atoms with van der Waals surface area (Å²) in [7, 11) is 0. The Labute approximate surface area is 87.7 Å². The first-order chi connectivity index (χ1) is 6.42. The minimum Gasteiger partial charge on any atom is -0.384 e. The molecule has 1 N–H and O–H groups in total. The summed E-state index contributed by atoms with van der Waals surface area (Å²) in [5.74, 6) is 0.730. The third-order valence-corrected chi connectivity index (χ3v) is 3.19. The van der Waals surface area contributed by atoms with Gasteiger partial charge in [-0.05, 0) is 24.5 Å². The van der Waals surface area contributed by atoms with E-state index in [0.717, 1.165) is 17.8 Å². The molecule has 1 atom stereocenters. The molecular weight excluding hydrogens is 226 g/mol. The van der Waals surface area contributed by atoms with Crippen molar-refractivity contribution in [1.82, 2.24) is 0 Å². The Bertz CT molecular complexity index is 285. The van der Waals surface area contributed by atoms with Crippen LogP contribution in [0.4, 0.5) is 5.69 Å². The summed E-state index contributed by atoms with van der Waals surface area (Å²) in [6, 6.07) is 8.64. The molecule has 1 aromatic rings. The molecule has 0 radical (unpaired) electrons. The minimum atomic E-state index is 0.730. The predicted octanol–water partition coefficient (Wildman–Crippen LogP) is 3.37. The lowest BCUT2D eigenvalue weighted by Gasteiger charge is -2.07. The quantitative estimate of drug-likeness (QED) is 0.798. The van der Waals surface area contributed by atoms with Crippen molar-refractivity contribution < 1.29 is 0 Å². The number of halogens is 1. The van der Waals surface area contributed by atoms with Gasteiger partial charge in [0.2, 0.25) is 0 Å². The Balaban J connectivity index is 2.09. The molecule has 1 aliphatic heterocycles. The van der Waals surface area contributed by atoms with Crippen LogP contribution in [0.25, 0.3) is 0 Å². The molecule has 1 heterocycles. The van der Waals surface area contributed by atoms with Crippen LogP contribution in [-0.4, -0.2) is 11.9 Å². The average Bonchev–Trinajstić information content (AvgIpc) is 2.58. The van der Waals surface area contributed by atoms with Gasteiger partial charge in [-0.25, -0.2) is 0 Å². The number of rotatable bonds is 3. The van der Waals surface area contributed by atoms with E-state index in [2.05, 4.69) is 45.5 Å². The second-order valence-corrected chi connectivity index (χ2v) is 4.29. The molecule has 0 aliphatic carbocycles. The van der Waals surface area contributed by atoms with E-state index in [1.54, 1.807) is 0 Å². The van der Waals surface area contributed by atoms with E-state index < -0.39 is 0 Å². The van der Waals surface area contributed by atoms with Crippen LogP contribution in [0.5, 0.6) is 0 Å². The van der Waals surface area contributed by atoms with Crippen molar-refractivity contribution in [2.45, 2.75) is 18.8 Å². The Morgan fingerprint density at radius 3 is 3.08 bits per heavy atom. The van der Waals surface area contributed by atoms with E-state index in [1.807, 2.05) is 0 Å². The van der Waals surface area contributed by atoms with Gasteiger partial charge in [0.25, 0.3) is 0 Å². The van der Waals surface area contributed by atoms with Crippen LogP contribution in [-0.2, 0) is 0 Å². The van der Waals surface area contributed by atoms with Crippen LogP contribution < -0.4 is 5.32 Å². The average molecular weight is 240 g/mol. The number of benzene rings is 1. The van der Waals surface area contributed by atoms with Crippen molar-refractivity contribution in [3.63, 3.8) is 0 Å². The Morgan fingerprint density at radius 1 is 1.38 bits per heavy atom. The van der Waals surface area contributed by atoms with Crippen molar-refractivity contribution in [2.24, 2.45) is 0 Å². The standard InChI is InChI=1S/C11H14BrN/c12-7-3-4-9-8-13-11-6-2-1-5-10(9)11/h1-2,5-6,9,13H,3-4,7-8H2. The molecule has 0 bridgehead atoms. The van der Waals surface area contributed by atoms with Crippen molar-refractivity contribution >= 4 is 21.6 Å². The van der Waals surface area contributed by atoms with Gasteiger partial charge in [-0.2, -0.15) is 0 Å². The largest absolute Gasteiger partial charge is 0.384 e. The summed E-state index contributed by atoms with van der Waals surface area (Å²) in [4.78, 5) is 0. The van der Waals surface area contributed by atoms with Gasteiger partial charge in [0.1, 0.15) is 0 Å². The van der Waals surface area contributed by atoms with Gasteiger partial charge in [0.15, 0.2) is 0 Å². The molecule has 0 saturated carbocycles. The van der Waals surface area contributed by atoms with Gasteiger partial charge in [-0.15, -0.1) is 0 Å². The van der Waals surface area contributed by atoms with E-state index >= 15 is 0 Å². The maximum Gasteiger partial charge on any atom is 0.0376 e. The van der Waals surface area contributed by atoms with E-state index in [-0.39, 0.29) is 0 Å². The molecule has 1 unspecified atom stereocenters. The molecule has 1 nitrogen and oxygen atoms in total. The van der Waals surface area contributed by atoms with Gasteiger partial charge in [0.05, 0.1) is 0 Å². The number of fused-ring (bicyclic) bond motifs is 1. The van der Waals surface area contributed by atoms with E-state index in [0.29, 0.717) is 0 Å². The zero-order chi connectivity index (χ0) is 9.10. The highest BCUT2D eigenvalue weighted by molar-refractivity contribution is 9.09. The summed E-state index contributed by atoms with van der Waals surface area (Å²) < 4.78 is 0. The van der Waals surface area contributed by atoms with Crippen LogP contribution in [0.3, 0.4) is 0 Å². The molecule has 0 spiro atoms. The molecule has 0 saturated heterocycles. The fraction of sp³-hybridized carbons (Fsp3) is 0.455. The van der Waals surface area contributed by atoms with E-state index in [1.165, 1.54) is 24.1 Å². The van der Waals surface area contributed by atoms with Crippen LogP contribution in [0, 0.1) is 0 Å². The van der Waals surface area contributed by atoms with Crippen LogP contribution in [0.1, 0.15) is 24.3 Å². The fourth-order valence-corrected chi connectivity index (χ4v) is 2.26. The fourth-order valence-electron chi connectivity index (χ4n) is 1.94. The summed E-state index contributed by atoms with van der Waals surface area (Å²) >= 11 is 3.48. The molecule has 70 valence electrons. The van der Waals surface area contributed by atoms with Gasteiger partial charge in [-0.1, -0.05) is 34.1 Å². The highest BCUT2D eigenvalue weighted by Gasteiger charge is 2.20. The second-order valence-electron chi connectivity index (χ2n) is 3.50. The Morgan fingerprint density at radius 2 is 2.23 bits per heavy atom. The topological polar surface area (TPSA) is 12.0 Å². The lowest BCUT2D eigenvalue weighted by Crippen LogP contribution is -2.01. The van der Waals surface area contributed by atoms with Gasteiger partial charge < -0.3 is 5.32 Å². The normalized spacial score (nSPS) is 19.6. The maximum atomic E-state index is 3.48. The first-order valence-electron chi connectivity index (χ1n) is 4.80. The van der Waals surface area contributed by atoms with E-state index in [4.69, 9.17) is 0 Å². The Kier molecular flexibility index (Phi) is 2.89. The minimum absolute atomic E-state index is 0.730. The maximum absolute atomic E-state index is 3.48. The van der Waals surface area contributed by atoms with E-state index in [9.17, 15) is 0 Å². The SMILES string of the molecule is BrCCCC1CNc2ccccc21. The van der Waals surface area contributed by atoms with Crippen molar-refractivity contribution in [3.8, 4) is 0 Å². The van der Waals surface area contributed by atoms with Gasteiger partial charge in [0, 0.05) is 23.5 Å². The summed E-state index contributed by atoms with van der Waals surface area (Å²) in [6.07, 6.45) is 2.55. The lowest BCUT2D eigenvalue weighted by molar-refractivity contribution is 0.667. The third kappa shape index (κ3) is 1.88.